The van der Waals surface area contributed by atoms with Gasteiger partial charge in [0.1, 0.15) is 5.60 Å². The Labute approximate surface area is 222 Å². The number of sulfonamides is 1. The normalized spacial score (nSPS) is 15.4. The van der Waals surface area contributed by atoms with Gasteiger partial charge < -0.3 is 15.0 Å². The van der Waals surface area contributed by atoms with E-state index in [4.69, 9.17) is 4.74 Å². The highest BCUT2D eigenvalue weighted by atomic mass is 32.2. The predicted molar refractivity (Wildman–Crippen MR) is 145 cm³/mol. The number of anilines is 2. The molecule has 1 saturated heterocycles. The lowest BCUT2D eigenvalue weighted by atomic mass is 10.1. The van der Waals surface area contributed by atoms with E-state index >= 15 is 0 Å². The van der Waals surface area contributed by atoms with Crippen molar-refractivity contribution in [1.29, 1.82) is 0 Å². The second-order valence-electron chi connectivity index (χ2n) is 10.8. The maximum Gasteiger partial charge on any atom is 0.422 e. The number of ether oxygens (including phenoxy) is 1. The van der Waals surface area contributed by atoms with Gasteiger partial charge in [0.15, 0.2) is 5.13 Å². The van der Waals surface area contributed by atoms with Crippen LogP contribution in [0.3, 0.4) is 0 Å². The lowest BCUT2D eigenvalue weighted by Gasteiger charge is -2.34. The van der Waals surface area contributed by atoms with Crippen LogP contribution >= 0.6 is 11.3 Å². The van der Waals surface area contributed by atoms with Gasteiger partial charge >= 0.3 is 6.09 Å². The second kappa shape index (κ2) is 10.9. The van der Waals surface area contributed by atoms with Crippen molar-refractivity contribution in [3.63, 3.8) is 0 Å². The Morgan fingerprint density at radius 2 is 1.70 bits per heavy atom. The summed E-state index contributed by atoms with van der Waals surface area (Å²) in [5.74, 6) is -0.291. The van der Waals surface area contributed by atoms with Crippen molar-refractivity contribution in [2.75, 3.05) is 36.4 Å². The van der Waals surface area contributed by atoms with E-state index in [1.54, 1.807) is 39.1 Å². The minimum Gasteiger partial charge on any atom is -0.443 e. The minimum atomic E-state index is -3.90. The van der Waals surface area contributed by atoms with E-state index in [0.717, 1.165) is 5.13 Å². The third kappa shape index (κ3) is 8.38. The van der Waals surface area contributed by atoms with Crippen molar-refractivity contribution in [3.8, 4) is 10.4 Å². The van der Waals surface area contributed by atoms with E-state index in [1.165, 1.54) is 24.3 Å². The number of benzene rings is 1. The molecule has 0 aliphatic carbocycles. The highest BCUT2D eigenvalue weighted by Crippen LogP contribution is 2.37. The Hall–Kier alpha value is -2.74. The van der Waals surface area contributed by atoms with Crippen LogP contribution in [-0.2, 0) is 19.6 Å². The van der Waals surface area contributed by atoms with Crippen molar-refractivity contribution < 1.29 is 22.7 Å². The van der Waals surface area contributed by atoms with Crippen LogP contribution < -0.4 is 20.4 Å². The van der Waals surface area contributed by atoms with Crippen LogP contribution in [0.2, 0.25) is 0 Å². The monoisotopic (exact) mass is 552 g/mol. The molecule has 0 bridgehead atoms. The van der Waals surface area contributed by atoms with E-state index in [1.807, 2.05) is 25.8 Å². The molecule has 0 unspecified atom stereocenters. The zero-order valence-electron chi connectivity index (χ0n) is 22.3. The molecule has 37 heavy (non-hydrogen) atoms. The zero-order chi connectivity index (χ0) is 27.6. The van der Waals surface area contributed by atoms with Crippen LogP contribution in [0.25, 0.3) is 10.4 Å². The molecule has 1 aromatic heterocycles. The largest absolute Gasteiger partial charge is 0.443 e. The number of hydrogen-bond donors (Lipinski definition) is 3. The van der Waals surface area contributed by atoms with Gasteiger partial charge in [-0.2, -0.15) is 0 Å². The Morgan fingerprint density at radius 3 is 2.27 bits per heavy atom. The molecule has 2 aromatic rings. The Kier molecular flexibility index (Phi) is 8.52. The number of carbonyl (C=O) groups excluding carboxylic acids is 2. The second-order valence-corrected chi connectivity index (χ2v) is 13.5. The van der Waals surface area contributed by atoms with Gasteiger partial charge in [-0.3, -0.25) is 10.2 Å². The molecule has 13 heteroatoms. The van der Waals surface area contributed by atoms with Crippen molar-refractivity contribution in [2.24, 2.45) is 0 Å². The molecule has 0 spiro atoms. The third-order valence-corrected chi connectivity index (χ3v) is 7.88. The summed E-state index contributed by atoms with van der Waals surface area (Å²) in [4.78, 5) is 31.0. The summed E-state index contributed by atoms with van der Waals surface area (Å²) in [7, 11) is -3.90. The molecular weight excluding hydrogens is 516 g/mol. The summed E-state index contributed by atoms with van der Waals surface area (Å²) < 4.78 is 34.6. The number of piperazine rings is 1. The SMILES string of the molecule is CC(=O)Nc1ccc(-c2cnc(N3CCN(NC(=O)OC(C)(C)C)CC3)s2)c(S(=O)(=O)NC(C)(C)C)c1. The van der Waals surface area contributed by atoms with Crippen LogP contribution in [0.4, 0.5) is 15.6 Å². The Balaban J connectivity index is 1.79. The highest BCUT2D eigenvalue weighted by Gasteiger charge is 2.28. The van der Waals surface area contributed by atoms with Gasteiger partial charge in [-0.25, -0.2) is 27.9 Å². The quantitative estimate of drug-likeness (QED) is 0.497. The summed E-state index contributed by atoms with van der Waals surface area (Å²) in [6.07, 6.45) is 1.17. The fraction of sp³-hybridized carbons (Fsp3) is 0.542. The first-order valence-corrected chi connectivity index (χ1v) is 14.2. The molecule has 2 amide bonds. The summed E-state index contributed by atoms with van der Waals surface area (Å²) in [6, 6.07) is 4.82. The number of carbonyl (C=O) groups is 2. The number of nitrogens with zero attached hydrogens (tertiary/aromatic N) is 3. The van der Waals surface area contributed by atoms with Crippen LogP contribution in [0.5, 0.6) is 0 Å². The molecule has 1 aromatic carbocycles. The van der Waals surface area contributed by atoms with E-state index in [2.05, 4.69) is 25.3 Å². The molecule has 3 N–H and O–H groups in total. The third-order valence-electron chi connectivity index (χ3n) is 4.99. The molecule has 11 nitrogen and oxygen atoms in total. The molecule has 0 saturated carbocycles. The number of nitrogens with one attached hydrogen (secondary N) is 3. The zero-order valence-corrected chi connectivity index (χ0v) is 24.0. The van der Waals surface area contributed by atoms with Crippen LogP contribution in [0.15, 0.2) is 29.3 Å². The molecule has 1 fully saturated rings. The molecule has 0 radical (unpaired) electrons. The van der Waals surface area contributed by atoms with Crippen molar-refractivity contribution in [2.45, 2.75) is 64.5 Å². The van der Waals surface area contributed by atoms with Crippen molar-refractivity contribution >= 4 is 44.2 Å². The number of hydrazine groups is 1. The highest BCUT2D eigenvalue weighted by molar-refractivity contribution is 7.89. The number of aromatic nitrogens is 1. The first kappa shape index (κ1) is 28.8. The van der Waals surface area contributed by atoms with Crippen LogP contribution in [0.1, 0.15) is 48.5 Å². The summed E-state index contributed by atoms with van der Waals surface area (Å²) in [6.45, 7) is 14.5. The Bertz CT molecular complexity index is 1240. The smallest absolute Gasteiger partial charge is 0.422 e. The van der Waals surface area contributed by atoms with Gasteiger partial charge in [-0.1, -0.05) is 17.4 Å². The maximum absolute atomic E-state index is 13.3. The topological polar surface area (TPSA) is 133 Å². The van der Waals surface area contributed by atoms with Gasteiger partial charge in [0.05, 0.1) is 9.77 Å². The van der Waals surface area contributed by atoms with Gasteiger partial charge in [0.2, 0.25) is 15.9 Å². The van der Waals surface area contributed by atoms with Gasteiger partial charge in [-0.15, -0.1) is 0 Å². The lowest BCUT2D eigenvalue weighted by Crippen LogP contribution is -2.54. The van der Waals surface area contributed by atoms with E-state index in [9.17, 15) is 18.0 Å². The number of hydrogen-bond acceptors (Lipinski definition) is 9. The van der Waals surface area contributed by atoms with Gasteiger partial charge in [0.25, 0.3) is 0 Å². The molecule has 2 heterocycles. The summed E-state index contributed by atoms with van der Waals surface area (Å²) in [5.41, 5.74) is 2.40. The molecule has 3 rings (SSSR count). The van der Waals surface area contributed by atoms with Crippen LogP contribution in [0, 0.1) is 0 Å². The predicted octanol–water partition coefficient (Wildman–Crippen LogP) is 3.41. The number of rotatable bonds is 6. The fourth-order valence-corrected chi connectivity index (χ4v) is 6.40. The van der Waals surface area contributed by atoms with Crippen molar-refractivity contribution in [3.05, 3.63) is 24.4 Å². The fourth-order valence-electron chi connectivity index (χ4n) is 3.66. The Morgan fingerprint density at radius 1 is 1.05 bits per heavy atom. The van der Waals surface area contributed by atoms with Gasteiger partial charge in [0, 0.05) is 56.1 Å². The molecule has 1 aliphatic heterocycles. The molecular formula is C24H36N6O5S2. The minimum absolute atomic E-state index is 0.0651. The van der Waals surface area contributed by atoms with Crippen molar-refractivity contribution in [1.82, 2.24) is 20.1 Å². The number of amides is 2. The van der Waals surface area contributed by atoms with E-state index in [0.29, 0.717) is 42.3 Å². The van der Waals surface area contributed by atoms with Crippen LogP contribution in [-0.4, -0.2) is 67.7 Å². The molecule has 1 aliphatic rings. The first-order valence-electron chi connectivity index (χ1n) is 11.9. The van der Waals surface area contributed by atoms with Gasteiger partial charge in [-0.05, 0) is 53.7 Å². The van der Waals surface area contributed by atoms with E-state index in [-0.39, 0.29) is 10.8 Å². The summed E-state index contributed by atoms with van der Waals surface area (Å²) in [5, 5.41) is 5.21. The lowest BCUT2D eigenvalue weighted by molar-refractivity contribution is -0.114. The van der Waals surface area contributed by atoms with E-state index < -0.39 is 27.3 Å². The number of thiazole rings is 1. The average molecular weight is 553 g/mol. The first-order chi connectivity index (χ1) is 17.0. The summed E-state index contributed by atoms with van der Waals surface area (Å²) >= 11 is 1.39. The average Bonchev–Trinajstić information content (AvgIpc) is 3.21. The molecule has 204 valence electrons. The maximum atomic E-state index is 13.3. The molecule has 0 atom stereocenters. The standard InChI is InChI=1S/C24H36N6O5S2/c1-16(31)26-17-8-9-18(20(14-17)37(33,34)28-23(2,3)4)19-15-25-21(36-19)29-10-12-30(13-11-29)27-22(32)35-24(5,6)7/h8-9,14-15,28H,10-13H2,1-7H3,(H,26,31)(H,27,32).